The Balaban J connectivity index is 1.64. The SMILES string of the molecule is CCc1cc2c(CN(CC)Cc3ccc4c(c3)OCO4)cc(=O)oc2cc1O. The summed E-state index contributed by atoms with van der Waals surface area (Å²) in [6, 6.07) is 10.9. The van der Waals surface area contributed by atoms with Crippen LogP contribution in [0.15, 0.2) is 45.6 Å². The van der Waals surface area contributed by atoms with Crippen molar-refractivity contribution in [1.82, 2.24) is 4.90 Å². The van der Waals surface area contributed by atoms with E-state index >= 15 is 0 Å². The fourth-order valence-electron chi connectivity index (χ4n) is 3.54. The van der Waals surface area contributed by atoms with E-state index in [2.05, 4.69) is 11.8 Å². The zero-order valence-electron chi connectivity index (χ0n) is 16.0. The van der Waals surface area contributed by atoms with Gasteiger partial charge in [-0.1, -0.05) is 19.9 Å². The third-order valence-corrected chi connectivity index (χ3v) is 5.09. The zero-order valence-corrected chi connectivity index (χ0v) is 16.0. The molecule has 1 aliphatic heterocycles. The van der Waals surface area contributed by atoms with Crippen LogP contribution in [0.1, 0.15) is 30.5 Å². The molecule has 0 fully saturated rings. The summed E-state index contributed by atoms with van der Waals surface area (Å²) in [5.41, 5.74) is 2.84. The predicted octanol–water partition coefficient (Wildman–Crippen LogP) is 3.81. The molecule has 0 aliphatic carbocycles. The second kappa shape index (κ2) is 7.56. The first-order valence-electron chi connectivity index (χ1n) is 9.47. The minimum atomic E-state index is -0.412. The van der Waals surface area contributed by atoms with Crippen LogP contribution in [-0.2, 0) is 19.5 Å². The van der Waals surface area contributed by atoms with E-state index in [1.165, 1.54) is 6.07 Å². The summed E-state index contributed by atoms with van der Waals surface area (Å²) in [6.07, 6.45) is 0.703. The van der Waals surface area contributed by atoms with E-state index in [1.54, 1.807) is 6.07 Å². The van der Waals surface area contributed by atoms with E-state index < -0.39 is 5.63 Å². The van der Waals surface area contributed by atoms with Crippen molar-refractivity contribution in [2.75, 3.05) is 13.3 Å². The number of fused-ring (bicyclic) bond motifs is 2. The van der Waals surface area contributed by atoms with Crippen LogP contribution < -0.4 is 15.1 Å². The van der Waals surface area contributed by atoms with Crippen molar-refractivity contribution in [3.63, 3.8) is 0 Å². The van der Waals surface area contributed by atoms with Crippen LogP contribution in [0.3, 0.4) is 0 Å². The summed E-state index contributed by atoms with van der Waals surface area (Å²) in [6.45, 7) is 6.46. The zero-order chi connectivity index (χ0) is 19.7. The van der Waals surface area contributed by atoms with Gasteiger partial charge in [0.1, 0.15) is 11.3 Å². The molecule has 0 unspecified atom stereocenters. The Morgan fingerprint density at radius 3 is 2.61 bits per heavy atom. The Kier molecular flexibility index (Phi) is 4.96. The standard InChI is InChI=1S/C22H23NO5/c1-3-15-8-17-16(9-22(25)28-20(17)10-18(15)24)12-23(4-2)11-14-5-6-19-21(7-14)27-13-26-19/h5-10,24H,3-4,11-13H2,1-2H3. The normalized spacial score (nSPS) is 12.8. The summed E-state index contributed by atoms with van der Waals surface area (Å²) in [7, 11) is 0. The van der Waals surface area contributed by atoms with E-state index in [9.17, 15) is 9.90 Å². The first-order chi connectivity index (χ1) is 13.6. The van der Waals surface area contributed by atoms with Crippen molar-refractivity contribution >= 4 is 11.0 Å². The summed E-state index contributed by atoms with van der Waals surface area (Å²) in [5, 5.41) is 11.0. The molecule has 0 bridgehead atoms. The van der Waals surface area contributed by atoms with E-state index in [0.717, 1.165) is 40.1 Å². The maximum Gasteiger partial charge on any atom is 0.336 e. The van der Waals surface area contributed by atoms with E-state index in [0.29, 0.717) is 25.1 Å². The van der Waals surface area contributed by atoms with Gasteiger partial charge in [0.15, 0.2) is 11.5 Å². The first-order valence-corrected chi connectivity index (χ1v) is 9.47. The molecule has 0 saturated carbocycles. The smallest absolute Gasteiger partial charge is 0.336 e. The van der Waals surface area contributed by atoms with Crippen molar-refractivity contribution < 1.29 is 19.0 Å². The largest absolute Gasteiger partial charge is 0.508 e. The van der Waals surface area contributed by atoms with Gasteiger partial charge < -0.3 is 19.0 Å². The van der Waals surface area contributed by atoms with Gasteiger partial charge in [0, 0.05) is 30.6 Å². The molecule has 1 N–H and O–H groups in total. The molecule has 2 heterocycles. The van der Waals surface area contributed by atoms with Crippen molar-refractivity contribution in [1.29, 1.82) is 0 Å². The second-order valence-electron chi connectivity index (χ2n) is 6.91. The summed E-state index contributed by atoms with van der Waals surface area (Å²) < 4.78 is 16.1. The molecule has 4 rings (SSSR count). The molecular formula is C22H23NO5. The van der Waals surface area contributed by atoms with Gasteiger partial charge in [-0.3, -0.25) is 4.90 Å². The fraction of sp³-hybridized carbons (Fsp3) is 0.318. The van der Waals surface area contributed by atoms with Crippen LogP contribution in [0, 0.1) is 0 Å². The molecule has 0 saturated heterocycles. The predicted molar refractivity (Wildman–Crippen MR) is 106 cm³/mol. The Hall–Kier alpha value is -2.99. The van der Waals surface area contributed by atoms with E-state index in [1.807, 2.05) is 31.2 Å². The van der Waals surface area contributed by atoms with Gasteiger partial charge in [-0.2, -0.15) is 0 Å². The highest BCUT2D eigenvalue weighted by Gasteiger charge is 2.16. The molecule has 0 radical (unpaired) electrons. The number of benzene rings is 2. The van der Waals surface area contributed by atoms with Crippen molar-refractivity contribution in [2.45, 2.75) is 33.4 Å². The minimum absolute atomic E-state index is 0.156. The summed E-state index contributed by atoms with van der Waals surface area (Å²) in [4.78, 5) is 14.3. The number of aryl methyl sites for hydroxylation is 1. The summed E-state index contributed by atoms with van der Waals surface area (Å²) >= 11 is 0. The van der Waals surface area contributed by atoms with Crippen molar-refractivity contribution in [3.8, 4) is 17.2 Å². The van der Waals surface area contributed by atoms with Crippen LogP contribution in [-0.4, -0.2) is 23.3 Å². The Bertz CT molecular complexity index is 1070. The number of hydrogen-bond acceptors (Lipinski definition) is 6. The monoisotopic (exact) mass is 381 g/mol. The fourth-order valence-corrected chi connectivity index (χ4v) is 3.54. The molecule has 6 nitrogen and oxygen atoms in total. The topological polar surface area (TPSA) is 72.1 Å². The van der Waals surface area contributed by atoms with Crippen LogP contribution >= 0.6 is 0 Å². The quantitative estimate of drug-likeness (QED) is 0.655. The molecule has 0 atom stereocenters. The Morgan fingerprint density at radius 2 is 1.82 bits per heavy atom. The number of aromatic hydroxyl groups is 1. The van der Waals surface area contributed by atoms with Gasteiger partial charge in [-0.05, 0) is 47.9 Å². The molecule has 0 amide bonds. The average Bonchev–Trinajstić information content (AvgIpc) is 3.14. The molecular weight excluding hydrogens is 358 g/mol. The third kappa shape index (κ3) is 3.55. The molecule has 1 aromatic heterocycles. The lowest BCUT2D eigenvalue weighted by atomic mass is 10.0. The van der Waals surface area contributed by atoms with Gasteiger partial charge in [0.25, 0.3) is 0 Å². The number of phenols is 1. The highest BCUT2D eigenvalue weighted by Crippen LogP contribution is 2.33. The highest BCUT2D eigenvalue weighted by molar-refractivity contribution is 5.82. The lowest BCUT2D eigenvalue weighted by molar-refractivity contribution is 0.174. The number of nitrogens with zero attached hydrogens (tertiary/aromatic N) is 1. The van der Waals surface area contributed by atoms with Gasteiger partial charge in [-0.15, -0.1) is 0 Å². The number of rotatable bonds is 6. The Morgan fingerprint density at radius 1 is 1.00 bits per heavy atom. The van der Waals surface area contributed by atoms with Crippen LogP contribution in [0.2, 0.25) is 0 Å². The van der Waals surface area contributed by atoms with Gasteiger partial charge in [-0.25, -0.2) is 4.79 Å². The number of ether oxygens (including phenoxy) is 2. The molecule has 146 valence electrons. The maximum atomic E-state index is 12.0. The molecule has 28 heavy (non-hydrogen) atoms. The maximum absolute atomic E-state index is 12.0. The van der Waals surface area contributed by atoms with Crippen molar-refractivity contribution in [3.05, 3.63) is 63.5 Å². The van der Waals surface area contributed by atoms with Crippen molar-refractivity contribution in [2.24, 2.45) is 0 Å². The third-order valence-electron chi connectivity index (χ3n) is 5.09. The highest BCUT2D eigenvalue weighted by atomic mass is 16.7. The van der Waals surface area contributed by atoms with Crippen LogP contribution in [0.25, 0.3) is 11.0 Å². The number of hydrogen-bond donors (Lipinski definition) is 1. The lowest BCUT2D eigenvalue weighted by Gasteiger charge is -2.21. The van der Waals surface area contributed by atoms with Gasteiger partial charge >= 0.3 is 5.63 Å². The average molecular weight is 381 g/mol. The summed E-state index contributed by atoms with van der Waals surface area (Å²) in [5.74, 6) is 1.69. The van der Waals surface area contributed by atoms with Gasteiger partial charge in [0.05, 0.1) is 0 Å². The second-order valence-corrected chi connectivity index (χ2v) is 6.91. The number of phenolic OH excluding ortho intramolecular Hbond substituents is 1. The minimum Gasteiger partial charge on any atom is -0.508 e. The lowest BCUT2D eigenvalue weighted by Crippen LogP contribution is -2.23. The molecule has 0 spiro atoms. The van der Waals surface area contributed by atoms with E-state index in [-0.39, 0.29) is 12.5 Å². The van der Waals surface area contributed by atoms with Gasteiger partial charge in [0.2, 0.25) is 6.79 Å². The van der Waals surface area contributed by atoms with Crippen LogP contribution in [0.5, 0.6) is 17.2 Å². The Labute approximate surface area is 162 Å². The molecule has 2 aromatic carbocycles. The molecule has 6 heteroatoms. The molecule has 1 aliphatic rings. The van der Waals surface area contributed by atoms with Crippen LogP contribution in [0.4, 0.5) is 0 Å². The molecule has 3 aromatic rings. The van der Waals surface area contributed by atoms with E-state index in [4.69, 9.17) is 13.9 Å². The first kappa shape index (κ1) is 18.4.